The normalized spacial score (nSPS) is 17.7. The lowest BCUT2D eigenvalue weighted by Gasteiger charge is -2.02. The molecule has 0 aromatic carbocycles. The Morgan fingerprint density at radius 3 is 1.47 bits per heavy atom. The number of allylic oxidation sites excluding steroid dienone is 8. The van der Waals surface area contributed by atoms with Crippen molar-refractivity contribution in [1.29, 1.82) is 0 Å². The predicted octanol–water partition coefficient (Wildman–Crippen LogP) is 3.60. The topological polar surface area (TPSA) is 34.1 Å². The van der Waals surface area contributed by atoms with Gasteiger partial charge in [0.25, 0.3) is 0 Å². The molecule has 0 spiro atoms. The molecule has 0 fully saturated rings. The standard InChI is InChI=1S/C16H12O2S/c17-15(11-5-1-2-6-11)13-9-10-14(19-13)16(18)12-7-3-4-8-12/h1-12H. The number of rotatable bonds is 4. The first-order chi connectivity index (χ1) is 9.25. The van der Waals surface area contributed by atoms with E-state index in [0.29, 0.717) is 9.75 Å². The minimum absolute atomic E-state index is 0.0616. The maximum atomic E-state index is 12.2. The number of carbonyl (C=O) groups is 2. The second-order valence-electron chi connectivity index (χ2n) is 4.48. The van der Waals surface area contributed by atoms with Gasteiger partial charge in [0.2, 0.25) is 0 Å². The first-order valence-corrected chi connectivity index (χ1v) is 6.95. The van der Waals surface area contributed by atoms with Crippen molar-refractivity contribution < 1.29 is 9.59 Å². The van der Waals surface area contributed by atoms with Crippen LogP contribution in [0.4, 0.5) is 0 Å². The fourth-order valence-corrected chi connectivity index (χ4v) is 3.13. The van der Waals surface area contributed by atoms with Gasteiger partial charge in [0.15, 0.2) is 11.6 Å². The summed E-state index contributed by atoms with van der Waals surface area (Å²) in [7, 11) is 0. The van der Waals surface area contributed by atoms with E-state index in [1.54, 1.807) is 12.1 Å². The number of hydrogen-bond acceptors (Lipinski definition) is 3. The molecule has 0 amide bonds. The second-order valence-corrected chi connectivity index (χ2v) is 5.57. The molecule has 94 valence electrons. The zero-order valence-electron chi connectivity index (χ0n) is 10.2. The van der Waals surface area contributed by atoms with Crippen LogP contribution in [0.3, 0.4) is 0 Å². The summed E-state index contributed by atoms with van der Waals surface area (Å²) in [4.78, 5) is 25.6. The SMILES string of the molecule is O=C(c1ccc(C(=O)C2C=CC=C2)s1)C1C=CC=C1. The lowest BCUT2D eigenvalue weighted by Crippen LogP contribution is -2.07. The number of Topliss-reactive ketones (excluding diaryl/α,β-unsaturated/α-hetero) is 2. The van der Waals surface area contributed by atoms with Gasteiger partial charge in [-0.1, -0.05) is 48.6 Å². The Morgan fingerprint density at radius 2 is 1.11 bits per heavy atom. The van der Waals surface area contributed by atoms with Gasteiger partial charge in [-0.2, -0.15) is 0 Å². The maximum absolute atomic E-state index is 12.2. The molecule has 0 radical (unpaired) electrons. The number of carbonyl (C=O) groups excluding carboxylic acids is 2. The third-order valence-electron chi connectivity index (χ3n) is 3.19. The summed E-state index contributed by atoms with van der Waals surface area (Å²) in [5.74, 6) is -0.223. The van der Waals surface area contributed by atoms with Crippen LogP contribution >= 0.6 is 11.3 Å². The number of hydrogen-bond donors (Lipinski definition) is 0. The van der Waals surface area contributed by atoms with E-state index in [4.69, 9.17) is 0 Å². The monoisotopic (exact) mass is 268 g/mol. The van der Waals surface area contributed by atoms with Gasteiger partial charge in [0.1, 0.15) is 0 Å². The molecule has 1 aromatic rings. The van der Waals surface area contributed by atoms with Crippen molar-refractivity contribution in [2.24, 2.45) is 11.8 Å². The Bertz CT molecular complexity index is 565. The molecule has 0 unspecified atom stereocenters. The van der Waals surface area contributed by atoms with Gasteiger partial charge in [-0.05, 0) is 12.1 Å². The van der Waals surface area contributed by atoms with Crippen molar-refractivity contribution in [2.75, 3.05) is 0 Å². The summed E-state index contributed by atoms with van der Waals surface area (Å²) in [6, 6.07) is 3.51. The van der Waals surface area contributed by atoms with Crippen LogP contribution in [0.15, 0.2) is 60.7 Å². The summed E-state index contributed by atoms with van der Waals surface area (Å²) in [6.07, 6.45) is 15.0. The van der Waals surface area contributed by atoms with Gasteiger partial charge < -0.3 is 0 Å². The summed E-state index contributed by atoms with van der Waals surface area (Å²) < 4.78 is 0. The highest BCUT2D eigenvalue weighted by atomic mass is 32.1. The summed E-state index contributed by atoms with van der Waals surface area (Å²) >= 11 is 1.29. The Labute approximate surface area is 115 Å². The summed E-state index contributed by atoms with van der Waals surface area (Å²) in [6.45, 7) is 0. The molecule has 0 atom stereocenters. The molecular formula is C16H12O2S. The molecule has 2 aliphatic carbocycles. The van der Waals surface area contributed by atoms with Crippen LogP contribution in [-0.4, -0.2) is 11.6 Å². The van der Waals surface area contributed by atoms with Crippen LogP contribution < -0.4 is 0 Å². The van der Waals surface area contributed by atoms with E-state index in [2.05, 4.69) is 0 Å². The van der Waals surface area contributed by atoms with E-state index in [0.717, 1.165) is 0 Å². The molecule has 0 saturated carbocycles. The van der Waals surface area contributed by atoms with Crippen LogP contribution in [0, 0.1) is 11.8 Å². The lowest BCUT2D eigenvalue weighted by molar-refractivity contribution is 0.0963. The predicted molar refractivity (Wildman–Crippen MR) is 76.5 cm³/mol. The largest absolute Gasteiger partial charge is 0.292 e. The van der Waals surface area contributed by atoms with Crippen molar-refractivity contribution in [2.45, 2.75) is 0 Å². The number of ketones is 2. The molecule has 0 N–H and O–H groups in total. The first-order valence-electron chi connectivity index (χ1n) is 6.14. The molecule has 19 heavy (non-hydrogen) atoms. The van der Waals surface area contributed by atoms with Crippen LogP contribution in [-0.2, 0) is 0 Å². The van der Waals surface area contributed by atoms with E-state index in [1.807, 2.05) is 48.6 Å². The average Bonchev–Trinajstić information content (AvgIpc) is 3.16. The van der Waals surface area contributed by atoms with Gasteiger partial charge >= 0.3 is 0 Å². The van der Waals surface area contributed by atoms with Crippen molar-refractivity contribution in [3.63, 3.8) is 0 Å². The summed E-state index contributed by atoms with van der Waals surface area (Å²) in [5, 5.41) is 0. The van der Waals surface area contributed by atoms with Gasteiger partial charge in [0.05, 0.1) is 21.6 Å². The molecule has 3 heteroatoms. The van der Waals surface area contributed by atoms with Gasteiger partial charge in [0, 0.05) is 0 Å². The van der Waals surface area contributed by atoms with Crippen molar-refractivity contribution >= 4 is 22.9 Å². The Balaban J connectivity index is 1.79. The minimum atomic E-state index is -0.173. The van der Waals surface area contributed by atoms with E-state index in [1.165, 1.54) is 11.3 Å². The van der Waals surface area contributed by atoms with Crippen molar-refractivity contribution in [3.05, 3.63) is 70.5 Å². The molecule has 2 aliphatic rings. The van der Waals surface area contributed by atoms with Gasteiger partial charge in [-0.15, -0.1) is 11.3 Å². The minimum Gasteiger partial charge on any atom is -0.292 e. The molecular weight excluding hydrogens is 256 g/mol. The highest BCUT2D eigenvalue weighted by Gasteiger charge is 2.22. The lowest BCUT2D eigenvalue weighted by atomic mass is 10.0. The quantitative estimate of drug-likeness (QED) is 0.782. The van der Waals surface area contributed by atoms with E-state index in [9.17, 15) is 9.59 Å². The zero-order valence-corrected chi connectivity index (χ0v) is 11.0. The Hall–Kier alpha value is -2.00. The smallest absolute Gasteiger partial charge is 0.183 e. The highest BCUT2D eigenvalue weighted by Crippen LogP contribution is 2.26. The third kappa shape index (κ3) is 2.29. The Morgan fingerprint density at radius 1 is 0.737 bits per heavy atom. The first kappa shape index (κ1) is 12.1. The average molecular weight is 268 g/mol. The van der Waals surface area contributed by atoms with Crippen LogP contribution in [0.5, 0.6) is 0 Å². The van der Waals surface area contributed by atoms with Gasteiger partial charge in [-0.3, -0.25) is 9.59 Å². The zero-order chi connectivity index (χ0) is 13.2. The molecule has 3 rings (SSSR count). The Kier molecular flexibility index (Phi) is 3.13. The van der Waals surface area contributed by atoms with E-state index >= 15 is 0 Å². The fraction of sp³-hybridized carbons (Fsp3) is 0.125. The molecule has 0 saturated heterocycles. The third-order valence-corrected chi connectivity index (χ3v) is 4.31. The molecule has 0 aliphatic heterocycles. The van der Waals surface area contributed by atoms with Crippen LogP contribution in [0.25, 0.3) is 0 Å². The summed E-state index contributed by atoms with van der Waals surface area (Å²) in [5.41, 5.74) is 0. The molecule has 1 heterocycles. The van der Waals surface area contributed by atoms with Crippen molar-refractivity contribution in [3.8, 4) is 0 Å². The van der Waals surface area contributed by atoms with E-state index in [-0.39, 0.29) is 23.4 Å². The van der Waals surface area contributed by atoms with Crippen molar-refractivity contribution in [1.82, 2.24) is 0 Å². The van der Waals surface area contributed by atoms with Crippen LogP contribution in [0.1, 0.15) is 19.3 Å². The maximum Gasteiger partial charge on any atom is 0.183 e. The molecule has 0 bridgehead atoms. The number of thiophene rings is 1. The molecule has 2 nitrogen and oxygen atoms in total. The van der Waals surface area contributed by atoms with E-state index < -0.39 is 0 Å². The fourth-order valence-electron chi connectivity index (χ4n) is 2.14. The van der Waals surface area contributed by atoms with Crippen LogP contribution in [0.2, 0.25) is 0 Å². The second kappa shape index (κ2) is 4.94. The molecule has 1 aromatic heterocycles. The van der Waals surface area contributed by atoms with Gasteiger partial charge in [-0.25, -0.2) is 0 Å². The highest BCUT2D eigenvalue weighted by molar-refractivity contribution is 7.16.